The Hall–Kier alpha value is -2.13. The first-order valence-electron chi connectivity index (χ1n) is 5.57. The molecule has 9 heteroatoms. The Morgan fingerprint density at radius 1 is 1.48 bits per heavy atom. The molecule has 2 rings (SSSR count). The van der Waals surface area contributed by atoms with Crippen molar-refractivity contribution in [3.05, 3.63) is 56.7 Å². The van der Waals surface area contributed by atoms with E-state index in [9.17, 15) is 10.1 Å². The molecule has 0 amide bonds. The Kier molecular flexibility index (Phi) is 4.76. The lowest BCUT2D eigenvalue weighted by atomic mass is 10.2. The summed E-state index contributed by atoms with van der Waals surface area (Å²) in [7, 11) is 0. The fourth-order valence-corrected chi connectivity index (χ4v) is 2.92. The van der Waals surface area contributed by atoms with Crippen LogP contribution in [-0.2, 0) is 0 Å². The number of halogens is 1. The highest BCUT2D eigenvalue weighted by molar-refractivity contribution is 9.10. The number of hydrogen-bond donors (Lipinski definition) is 2. The molecule has 7 nitrogen and oxygen atoms in total. The van der Waals surface area contributed by atoms with E-state index in [1.807, 2.05) is 24.3 Å². The van der Waals surface area contributed by atoms with Crippen LogP contribution in [0.25, 0.3) is 0 Å². The Morgan fingerprint density at radius 3 is 2.81 bits per heavy atom. The van der Waals surface area contributed by atoms with E-state index >= 15 is 0 Å². The molecule has 0 saturated heterocycles. The SMILES string of the molecule is NC(=NO)c1cc([N+](=O)[O-])cnc1Sc1ccccc1Br. The molecule has 0 aliphatic heterocycles. The van der Waals surface area contributed by atoms with Gasteiger partial charge in [0.15, 0.2) is 5.84 Å². The molecule has 1 aromatic heterocycles. The van der Waals surface area contributed by atoms with Crippen molar-refractivity contribution in [3.63, 3.8) is 0 Å². The predicted molar refractivity (Wildman–Crippen MR) is 81.7 cm³/mol. The van der Waals surface area contributed by atoms with Crippen molar-refractivity contribution in [2.75, 3.05) is 0 Å². The van der Waals surface area contributed by atoms with Crippen LogP contribution < -0.4 is 5.73 Å². The monoisotopic (exact) mass is 368 g/mol. The summed E-state index contributed by atoms with van der Waals surface area (Å²) in [5.74, 6) is -0.235. The van der Waals surface area contributed by atoms with E-state index in [-0.39, 0.29) is 17.1 Å². The first kappa shape index (κ1) is 15.3. The van der Waals surface area contributed by atoms with Gasteiger partial charge in [-0.2, -0.15) is 0 Å². The summed E-state index contributed by atoms with van der Waals surface area (Å²) in [5.41, 5.74) is 5.54. The summed E-state index contributed by atoms with van der Waals surface area (Å²) >= 11 is 4.65. The van der Waals surface area contributed by atoms with Crippen molar-refractivity contribution in [1.29, 1.82) is 0 Å². The van der Waals surface area contributed by atoms with Gasteiger partial charge >= 0.3 is 0 Å². The minimum atomic E-state index is -0.589. The molecule has 0 atom stereocenters. The van der Waals surface area contributed by atoms with Gasteiger partial charge in [-0.1, -0.05) is 29.1 Å². The number of nitrogens with zero attached hydrogens (tertiary/aromatic N) is 3. The summed E-state index contributed by atoms with van der Waals surface area (Å²) in [4.78, 5) is 15.1. The van der Waals surface area contributed by atoms with Crippen LogP contribution in [0, 0.1) is 10.1 Å². The Bertz CT molecular complexity index is 723. The number of oxime groups is 1. The van der Waals surface area contributed by atoms with Crippen molar-refractivity contribution in [1.82, 2.24) is 4.98 Å². The second-order valence-electron chi connectivity index (χ2n) is 3.82. The quantitative estimate of drug-likeness (QED) is 0.282. The van der Waals surface area contributed by atoms with Crippen molar-refractivity contribution in [2.24, 2.45) is 10.9 Å². The molecule has 0 aliphatic carbocycles. The van der Waals surface area contributed by atoms with Crippen LogP contribution in [0.1, 0.15) is 5.56 Å². The molecule has 1 aromatic carbocycles. The van der Waals surface area contributed by atoms with Crippen LogP contribution in [0.3, 0.4) is 0 Å². The van der Waals surface area contributed by atoms with E-state index < -0.39 is 4.92 Å². The molecule has 21 heavy (non-hydrogen) atoms. The molecule has 0 fully saturated rings. The van der Waals surface area contributed by atoms with E-state index in [1.54, 1.807) is 0 Å². The van der Waals surface area contributed by atoms with Crippen LogP contribution >= 0.6 is 27.7 Å². The van der Waals surface area contributed by atoms with Gasteiger partial charge in [-0.15, -0.1) is 0 Å². The highest BCUT2D eigenvalue weighted by Gasteiger charge is 2.17. The maximum absolute atomic E-state index is 10.8. The molecule has 0 spiro atoms. The Labute approximate surface area is 132 Å². The molecule has 0 saturated carbocycles. The van der Waals surface area contributed by atoms with Gasteiger partial charge in [-0.05, 0) is 28.1 Å². The van der Waals surface area contributed by atoms with Gasteiger partial charge in [0.25, 0.3) is 5.69 Å². The summed E-state index contributed by atoms with van der Waals surface area (Å²) in [6.45, 7) is 0. The van der Waals surface area contributed by atoms with Crippen molar-refractivity contribution >= 4 is 39.2 Å². The third-order valence-corrected chi connectivity index (χ3v) is 4.52. The number of amidine groups is 1. The van der Waals surface area contributed by atoms with Crippen molar-refractivity contribution in [2.45, 2.75) is 9.92 Å². The summed E-state index contributed by atoms with van der Waals surface area (Å²) < 4.78 is 0.848. The zero-order valence-electron chi connectivity index (χ0n) is 10.4. The minimum Gasteiger partial charge on any atom is -0.409 e. The second kappa shape index (κ2) is 6.55. The maximum atomic E-state index is 10.8. The third-order valence-electron chi connectivity index (χ3n) is 2.47. The molecular weight excluding hydrogens is 360 g/mol. The van der Waals surface area contributed by atoms with Crippen LogP contribution in [-0.4, -0.2) is 21.0 Å². The number of nitro groups is 1. The topological polar surface area (TPSA) is 115 Å². The highest BCUT2D eigenvalue weighted by atomic mass is 79.9. The molecule has 0 unspecified atom stereocenters. The summed E-state index contributed by atoms with van der Waals surface area (Å²) in [6, 6.07) is 8.65. The standard InChI is InChI=1S/C12H9BrN4O3S/c13-9-3-1-2-4-10(9)21-12-8(11(14)16-18)5-7(6-15-12)17(19)20/h1-6,18H,(H2,14,16). The van der Waals surface area contributed by atoms with E-state index in [2.05, 4.69) is 26.1 Å². The first-order valence-corrected chi connectivity index (χ1v) is 7.18. The Morgan fingerprint density at radius 2 is 2.19 bits per heavy atom. The van der Waals surface area contributed by atoms with Gasteiger partial charge in [0, 0.05) is 15.4 Å². The number of pyridine rings is 1. The van der Waals surface area contributed by atoms with E-state index in [0.29, 0.717) is 5.03 Å². The fraction of sp³-hybridized carbons (Fsp3) is 0. The fourth-order valence-electron chi connectivity index (χ4n) is 1.49. The minimum absolute atomic E-state index is 0.201. The molecule has 0 aliphatic rings. The van der Waals surface area contributed by atoms with Crippen LogP contribution in [0.15, 0.2) is 56.1 Å². The van der Waals surface area contributed by atoms with Gasteiger partial charge < -0.3 is 10.9 Å². The van der Waals surface area contributed by atoms with Crippen LogP contribution in [0.2, 0.25) is 0 Å². The predicted octanol–water partition coefficient (Wildman–Crippen LogP) is 3.00. The zero-order valence-corrected chi connectivity index (χ0v) is 12.8. The average Bonchev–Trinajstić information content (AvgIpc) is 2.49. The summed E-state index contributed by atoms with van der Waals surface area (Å²) in [6.07, 6.45) is 1.13. The van der Waals surface area contributed by atoms with Gasteiger partial charge in [-0.25, -0.2) is 4.98 Å². The molecule has 0 bridgehead atoms. The van der Waals surface area contributed by atoms with Crippen molar-refractivity contribution < 1.29 is 10.1 Å². The lowest BCUT2D eigenvalue weighted by Gasteiger charge is -2.08. The zero-order chi connectivity index (χ0) is 15.4. The van der Waals surface area contributed by atoms with Gasteiger partial charge in [-0.3, -0.25) is 10.1 Å². The molecule has 0 radical (unpaired) electrons. The third kappa shape index (κ3) is 3.50. The molecule has 2 aromatic rings. The molecule has 108 valence electrons. The van der Waals surface area contributed by atoms with Gasteiger partial charge in [0.1, 0.15) is 11.2 Å². The lowest BCUT2D eigenvalue weighted by molar-refractivity contribution is -0.385. The van der Waals surface area contributed by atoms with E-state index in [0.717, 1.165) is 15.6 Å². The number of benzene rings is 1. The molecular formula is C12H9BrN4O3S. The number of aromatic nitrogens is 1. The molecule has 1 heterocycles. The summed E-state index contributed by atoms with van der Waals surface area (Å²) in [5, 5.41) is 22.9. The largest absolute Gasteiger partial charge is 0.409 e. The first-order chi connectivity index (χ1) is 10.0. The maximum Gasteiger partial charge on any atom is 0.288 e. The van der Waals surface area contributed by atoms with Crippen LogP contribution in [0.4, 0.5) is 5.69 Å². The van der Waals surface area contributed by atoms with Gasteiger partial charge in [0.2, 0.25) is 0 Å². The molecule has 3 N–H and O–H groups in total. The Balaban J connectivity index is 2.48. The average molecular weight is 369 g/mol. The van der Waals surface area contributed by atoms with E-state index in [4.69, 9.17) is 10.9 Å². The van der Waals surface area contributed by atoms with Gasteiger partial charge in [0.05, 0.1) is 10.5 Å². The van der Waals surface area contributed by atoms with E-state index in [1.165, 1.54) is 17.8 Å². The smallest absolute Gasteiger partial charge is 0.288 e. The number of rotatable bonds is 4. The normalized spacial score (nSPS) is 11.4. The second-order valence-corrected chi connectivity index (χ2v) is 5.71. The van der Waals surface area contributed by atoms with Crippen molar-refractivity contribution in [3.8, 4) is 0 Å². The van der Waals surface area contributed by atoms with Crippen LogP contribution in [0.5, 0.6) is 0 Å². The number of nitrogens with two attached hydrogens (primary N) is 1. The highest BCUT2D eigenvalue weighted by Crippen LogP contribution is 2.34. The lowest BCUT2D eigenvalue weighted by Crippen LogP contribution is -2.15. The number of hydrogen-bond acceptors (Lipinski definition) is 6.